The number of aryl methyl sites for hydroxylation is 2. The van der Waals surface area contributed by atoms with Gasteiger partial charge in [0.2, 0.25) is 0 Å². The second-order valence-corrected chi connectivity index (χ2v) is 6.02. The molecule has 1 aromatic rings. The molecule has 0 spiro atoms. The number of nitrogens with zero attached hydrogens (tertiary/aromatic N) is 1. The predicted molar refractivity (Wildman–Crippen MR) is 80.4 cm³/mol. The summed E-state index contributed by atoms with van der Waals surface area (Å²) in [4.78, 5) is 2.48. The molecule has 1 saturated carbocycles. The predicted octanol–water partition coefficient (Wildman–Crippen LogP) is 3.60. The van der Waals surface area contributed by atoms with Crippen molar-refractivity contribution in [3.8, 4) is 0 Å². The molecule has 0 aliphatic heterocycles. The first-order valence-electron chi connectivity index (χ1n) is 7.60. The van der Waals surface area contributed by atoms with Gasteiger partial charge in [-0.3, -0.25) is 4.90 Å². The standard InChI is InChI=1S/C17H27NO/c1-4-5-8-18(16-6-7-16)12-17(19)15-10-13(2)9-14(3)11-15/h9-11,16-17,19H,4-8,12H2,1-3H3. The third-order valence-electron chi connectivity index (χ3n) is 3.90. The van der Waals surface area contributed by atoms with Crippen LogP contribution in [0.1, 0.15) is 55.4 Å². The summed E-state index contributed by atoms with van der Waals surface area (Å²) < 4.78 is 0. The minimum Gasteiger partial charge on any atom is -0.387 e. The second-order valence-electron chi connectivity index (χ2n) is 6.02. The molecule has 1 atom stereocenters. The Bertz CT molecular complexity index is 391. The van der Waals surface area contributed by atoms with Crippen molar-refractivity contribution in [1.82, 2.24) is 4.90 Å². The van der Waals surface area contributed by atoms with E-state index in [1.54, 1.807) is 0 Å². The molecule has 0 radical (unpaired) electrons. The topological polar surface area (TPSA) is 23.5 Å². The molecule has 2 rings (SSSR count). The van der Waals surface area contributed by atoms with Crippen LogP contribution in [0.15, 0.2) is 18.2 Å². The van der Waals surface area contributed by atoms with Gasteiger partial charge in [0.05, 0.1) is 6.10 Å². The number of unbranched alkanes of at least 4 members (excludes halogenated alkanes) is 1. The fourth-order valence-electron chi connectivity index (χ4n) is 2.75. The lowest BCUT2D eigenvalue weighted by Crippen LogP contribution is -2.31. The summed E-state index contributed by atoms with van der Waals surface area (Å²) in [7, 11) is 0. The van der Waals surface area contributed by atoms with Crippen molar-refractivity contribution in [2.75, 3.05) is 13.1 Å². The van der Waals surface area contributed by atoms with Gasteiger partial charge < -0.3 is 5.11 Å². The Balaban J connectivity index is 1.99. The average molecular weight is 261 g/mol. The lowest BCUT2D eigenvalue weighted by atomic mass is 10.0. The van der Waals surface area contributed by atoms with E-state index in [4.69, 9.17) is 0 Å². The van der Waals surface area contributed by atoms with Gasteiger partial charge in [0.25, 0.3) is 0 Å². The minimum absolute atomic E-state index is 0.351. The van der Waals surface area contributed by atoms with Gasteiger partial charge in [-0.1, -0.05) is 42.7 Å². The zero-order valence-electron chi connectivity index (χ0n) is 12.5. The molecule has 1 unspecified atom stereocenters. The van der Waals surface area contributed by atoms with Crippen molar-refractivity contribution in [2.24, 2.45) is 0 Å². The van der Waals surface area contributed by atoms with E-state index in [-0.39, 0.29) is 6.10 Å². The van der Waals surface area contributed by atoms with Gasteiger partial charge in [0.1, 0.15) is 0 Å². The second kappa shape index (κ2) is 6.53. The van der Waals surface area contributed by atoms with Gasteiger partial charge in [-0.2, -0.15) is 0 Å². The van der Waals surface area contributed by atoms with Crippen molar-refractivity contribution >= 4 is 0 Å². The van der Waals surface area contributed by atoms with Gasteiger partial charge in [-0.15, -0.1) is 0 Å². The highest BCUT2D eigenvalue weighted by Crippen LogP contribution is 2.29. The molecule has 1 aromatic carbocycles. The smallest absolute Gasteiger partial charge is 0.0917 e. The van der Waals surface area contributed by atoms with Gasteiger partial charge >= 0.3 is 0 Å². The fraction of sp³-hybridized carbons (Fsp3) is 0.647. The van der Waals surface area contributed by atoms with E-state index >= 15 is 0 Å². The van der Waals surface area contributed by atoms with E-state index in [1.165, 1.54) is 36.8 Å². The molecule has 0 heterocycles. The van der Waals surface area contributed by atoms with Crippen LogP contribution in [0.2, 0.25) is 0 Å². The average Bonchev–Trinajstić information content (AvgIpc) is 3.17. The Hall–Kier alpha value is -0.860. The zero-order valence-corrected chi connectivity index (χ0v) is 12.5. The number of benzene rings is 1. The van der Waals surface area contributed by atoms with Crippen molar-refractivity contribution in [2.45, 2.75) is 58.6 Å². The fourth-order valence-corrected chi connectivity index (χ4v) is 2.75. The van der Waals surface area contributed by atoms with E-state index in [0.717, 1.165) is 24.7 Å². The highest BCUT2D eigenvalue weighted by atomic mass is 16.3. The number of hydrogen-bond donors (Lipinski definition) is 1. The monoisotopic (exact) mass is 261 g/mol. The number of hydrogen-bond acceptors (Lipinski definition) is 2. The van der Waals surface area contributed by atoms with E-state index < -0.39 is 0 Å². The summed E-state index contributed by atoms with van der Waals surface area (Å²) in [5.41, 5.74) is 3.54. The quantitative estimate of drug-likeness (QED) is 0.810. The van der Waals surface area contributed by atoms with Gasteiger partial charge in [-0.25, -0.2) is 0 Å². The molecule has 0 bridgehead atoms. The van der Waals surface area contributed by atoms with Gasteiger partial charge in [0.15, 0.2) is 0 Å². The summed E-state index contributed by atoms with van der Waals surface area (Å²) in [6.45, 7) is 8.33. The number of aliphatic hydroxyl groups is 1. The first-order valence-corrected chi connectivity index (χ1v) is 7.60. The molecule has 0 amide bonds. The van der Waals surface area contributed by atoms with Crippen molar-refractivity contribution < 1.29 is 5.11 Å². The number of rotatable bonds is 7. The first-order chi connectivity index (χ1) is 9.10. The van der Waals surface area contributed by atoms with Crippen LogP contribution in [-0.2, 0) is 0 Å². The Kier molecular flexibility index (Phi) is 5.00. The molecule has 1 fully saturated rings. The van der Waals surface area contributed by atoms with Crippen LogP contribution in [0.5, 0.6) is 0 Å². The minimum atomic E-state index is -0.351. The van der Waals surface area contributed by atoms with E-state index in [2.05, 4.69) is 43.9 Å². The maximum Gasteiger partial charge on any atom is 0.0917 e. The van der Waals surface area contributed by atoms with Crippen molar-refractivity contribution in [3.63, 3.8) is 0 Å². The Morgan fingerprint density at radius 2 is 1.84 bits per heavy atom. The summed E-state index contributed by atoms with van der Waals surface area (Å²) in [6, 6.07) is 7.11. The Labute approximate surface area is 117 Å². The maximum absolute atomic E-state index is 10.5. The Morgan fingerprint density at radius 3 is 2.37 bits per heavy atom. The van der Waals surface area contributed by atoms with Gasteiger partial charge in [0, 0.05) is 12.6 Å². The molecule has 1 N–H and O–H groups in total. The molecular weight excluding hydrogens is 234 g/mol. The third-order valence-corrected chi connectivity index (χ3v) is 3.90. The van der Waals surface area contributed by atoms with Crippen LogP contribution in [0.4, 0.5) is 0 Å². The lowest BCUT2D eigenvalue weighted by Gasteiger charge is -2.25. The maximum atomic E-state index is 10.5. The summed E-state index contributed by atoms with van der Waals surface area (Å²) >= 11 is 0. The van der Waals surface area contributed by atoms with Gasteiger partial charge in [-0.05, 0) is 45.2 Å². The highest BCUT2D eigenvalue weighted by molar-refractivity contribution is 5.30. The molecule has 2 heteroatoms. The largest absolute Gasteiger partial charge is 0.387 e. The molecule has 106 valence electrons. The zero-order chi connectivity index (χ0) is 13.8. The molecular formula is C17H27NO. The molecule has 0 saturated heterocycles. The number of aliphatic hydroxyl groups excluding tert-OH is 1. The van der Waals surface area contributed by atoms with Crippen LogP contribution in [0.25, 0.3) is 0 Å². The van der Waals surface area contributed by atoms with Crippen LogP contribution in [0.3, 0.4) is 0 Å². The molecule has 2 nitrogen and oxygen atoms in total. The lowest BCUT2D eigenvalue weighted by molar-refractivity contribution is 0.107. The molecule has 1 aliphatic carbocycles. The third kappa shape index (κ3) is 4.32. The van der Waals surface area contributed by atoms with E-state index in [0.29, 0.717) is 0 Å². The van der Waals surface area contributed by atoms with Crippen LogP contribution >= 0.6 is 0 Å². The van der Waals surface area contributed by atoms with E-state index in [9.17, 15) is 5.11 Å². The SMILES string of the molecule is CCCCN(CC(O)c1cc(C)cc(C)c1)C1CC1. The van der Waals surface area contributed by atoms with Crippen molar-refractivity contribution in [3.05, 3.63) is 34.9 Å². The first kappa shape index (κ1) is 14.5. The summed E-state index contributed by atoms with van der Waals surface area (Å²) in [6.07, 6.45) is 4.72. The normalized spacial score (nSPS) is 16.9. The molecule has 1 aliphatic rings. The van der Waals surface area contributed by atoms with Crippen LogP contribution in [0, 0.1) is 13.8 Å². The van der Waals surface area contributed by atoms with Crippen LogP contribution < -0.4 is 0 Å². The molecule has 19 heavy (non-hydrogen) atoms. The summed E-state index contributed by atoms with van der Waals surface area (Å²) in [5.74, 6) is 0. The van der Waals surface area contributed by atoms with E-state index in [1.807, 2.05) is 0 Å². The Morgan fingerprint density at radius 1 is 1.21 bits per heavy atom. The van der Waals surface area contributed by atoms with Crippen LogP contribution in [-0.4, -0.2) is 29.1 Å². The van der Waals surface area contributed by atoms with Crippen molar-refractivity contribution in [1.29, 1.82) is 0 Å². The summed E-state index contributed by atoms with van der Waals surface area (Å²) in [5, 5.41) is 10.5. The highest BCUT2D eigenvalue weighted by Gasteiger charge is 2.29. The molecule has 0 aromatic heterocycles.